The zero-order valence-electron chi connectivity index (χ0n) is 10.4. The Labute approximate surface area is 106 Å². The summed E-state index contributed by atoms with van der Waals surface area (Å²) in [6, 6.07) is 11.2. The molecule has 2 aromatic rings. The minimum Gasteiger partial charge on any atom is -0.326 e. The number of hydrogen-bond donors (Lipinski definition) is 0. The highest BCUT2D eigenvalue weighted by molar-refractivity contribution is 5.59. The fourth-order valence-corrected chi connectivity index (χ4v) is 1.77. The summed E-state index contributed by atoms with van der Waals surface area (Å²) in [5.74, 6) is 0.0968. The Bertz CT molecular complexity index is 487. The number of nitrogens with zero attached hydrogens (tertiary/aromatic N) is 3. The largest absolute Gasteiger partial charge is 0.326 e. The molecule has 0 saturated carbocycles. The minimum atomic E-state index is -0.502. The summed E-state index contributed by atoms with van der Waals surface area (Å²) in [4.78, 5) is 9.64. The van der Waals surface area contributed by atoms with E-state index in [-0.39, 0.29) is 0 Å². The fraction of sp³-hybridized carbons (Fsp3) is 0.286. The Balaban J connectivity index is 2.31. The maximum atomic E-state index is 13.2. The maximum Gasteiger partial charge on any atom is 0.218 e. The third kappa shape index (κ3) is 3.03. The van der Waals surface area contributed by atoms with E-state index in [2.05, 4.69) is 16.9 Å². The van der Waals surface area contributed by atoms with E-state index in [1.165, 1.54) is 12.4 Å². The molecule has 0 aliphatic carbocycles. The normalized spacial score (nSPS) is 10.3. The molecule has 1 aromatic heterocycles. The average Bonchev–Trinajstić information content (AvgIpc) is 2.40. The van der Waals surface area contributed by atoms with Crippen molar-refractivity contribution in [2.45, 2.75) is 19.8 Å². The second-order valence-corrected chi connectivity index (χ2v) is 4.04. The summed E-state index contributed by atoms with van der Waals surface area (Å²) in [5, 5.41) is 0. The Morgan fingerprint density at radius 1 is 1.17 bits per heavy atom. The standard InChI is InChI=1S/C14H16FN3/c1-2-3-9-18(12-7-5-4-6-8-12)14-10-13(15)16-11-17-14/h4-8,10-11H,2-3,9H2,1H3. The lowest BCUT2D eigenvalue weighted by Gasteiger charge is -2.23. The number of halogens is 1. The van der Waals surface area contributed by atoms with Crippen molar-refractivity contribution in [1.29, 1.82) is 0 Å². The van der Waals surface area contributed by atoms with Crippen LogP contribution in [0.4, 0.5) is 15.9 Å². The van der Waals surface area contributed by atoms with E-state index in [0.29, 0.717) is 5.82 Å². The lowest BCUT2D eigenvalue weighted by molar-refractivity contribution is 0.578. The van der Waals surface area contributed by atoms with Crippen molar-refractivity contribution in [2.24, 2.45) is 0 Å². The Hall–Kier alpha value is -1.97. The monoisotopic (exact) mass is 245 g/mol. The SMILES string of the molecule is CCCCN(c1ccccc1)c1cc(F)ncn1. The molecule has 0 N–H and O–H groups in total. The second-order valence-electron chi connectivity index (χ2n) is 4.04. The molecule has 0 atom stereocenters. The van der Waals surface area contributed by atoms with Gasteiger partial charge >= 0.3 is 0 Å². The summed E-state index contributed by atoms with van der Waals surface area (Å²) in [6.07, 6.45) is 3.37. The lowest BCUT2D eigenvalue weighted by Crippen LogP contribution is -2.19. The van der Waals surface area contributed by atoms with Gasteiger partial charge in [0, 0.05) is 18.3 Å². The van der Waals surface area contributed by atoms with E-state index in [9.17, 15) is 4.39 Å². The van der Waals surface area contributed by atoms with E-state index < -0.39 is 5.95 Å². The molecule has 1 heterocycles. The molecule has 18 heavy (non-hydrogen) atoms. The molecule has 0 aliphatic rings. The second kappa shape index (κ2) is 6.10. The highest BCUT2D eigenvalue weighted by atomic mass is 19.1. The highest BCUT2D eigenvalue weighted by Crippen LogP contribution is 2.23. The van der Waals surface area contributed by atoms with Crippen LogP contribution in [0.25, 0.3) is 0 Å². The van der Waals surface area contributed by atoms with Crippen LogP contribution in [0.3, 0.4) is 0 Å². The van der Waals surface area contributed by atoms with Gasteiger partial charge in [-0.1, -0.05) is 31.5 Å². The number of anilines is 2. The van der Waals surface area contributed by atoms with Gasteiger partial charge in [0.05, 0.1) is 0 Å². The molecule has 94 valence electrons. The summed E-state index contributed by atoms with van der Waals surface area (Å²) < 4.78 is 13.2. The van der Waals surface area contributed by atoms with Gasteiger partial charge in [-0.2, -0.15) is 4.39 Å². The molecule has 0 amide bonds. The van der Waals surface area contributed by atoms with Gasteiger partial charge in [0.1, 0.15) is 12.1 Å². The van der Waals surface area contributed by atoms with Crippen LogP contribution in [0.1, 0.15) is 19.8 Å². The first-order valence-corrected chi connectivity index (χ1v) is 6.11. The molecule has 1 aromatic carbocycles. The van der Waals surface area contributed by atoms with Gasteiger partial charge in [0.2, 0.25) is 5.95 Å². The highest BCUT2D eigenvalue weighted by Gasteiger charge is 2.10. The molecule has 0 fully saturated rings. The van der Waals surface area contributed by atoms with Crippen LogP contribution < -0.4 is 4.90 Å². The first-order valence-electron chi connectivity index (χ1n) is 6.11. The molecular weight excluding hydrogens is 229 g/mol. The van der Waals surface area contributed by atoms with Crippen molar-refractivity contribution in [1.82, 2.24) is 9.97 Å². The summed E-state index contributed by atoms with van der Waals surface area (Å²) in [7, 11) is 0. The van der Waals surface area contributed by atoms with Gasteiger partial charge in [0.25, 0.3) is 0 Å². The summed E-state index contributed by atoms with van der Waals surface area (Å²) in [5.41, 5.74) is 1.02. The van der Waals surface area contributed by atoms with E-state index >= 15 is 0 Å². The van der Waals surface area contributed by atoms with Gasteiger partial charge in [-0.15, -0.1) is 0 Å². The predicted molar refractivity (Wildman–Crippen MR) is 70.3 cm³/mol. The van der Waals surface area contributed by atoms with E-state index in [0.717, 1.165) is 25.1 Å². The van der Waals surface area contributed by atoms with Crippen LogP contribution in [0, 0.1) is 5.95 Å². The number of aromatic nitrogens is 2. The van der Waals surface area contributed by atoms with Gasteiger partial charge in [-0.05, 0) is 18.6 Å². The number of unbranched alkanes of at least 4 members (excludes halogenated alkanes) is 1. The summed E-state index contributed by atoms with van der Waals surface area (Å²) >= 11 is 0. The molecular formula is C14H16FN3. The molecule has 3 nitrogen and oxygen atoms in total. The van der Waals surface area contributed by atoms with Crippen molar-refractivity contribution in [3.63, 3.8) is 0 Å². The Morgan fingerprint density at radius 2 is 1.94 bits per heavy atom. The van der Waals surface area contributed by atoms with Crippen molar-refractivity contribution in [3.8, 4) is 0 Å². The fourth-order valence-electron chi connectivity index (χ4n) is 1.77. The van der Waals surface area contributed by atoms with E-state index in [4.69, 9.17) is 0 Å². The number of rotatable bonds is 5. The van der Waals surface area contributed by atoms with Crippen LogP contribution in [0.2, 0.25) is 0 Å². The average molecular weight is 245 g/mol. The van der Waals surface area contributed by atoms with Crippen LogP contribution in [0.5, 0.6) is 0 Å². The molecule has 0 bridgehead atoms. The van der Waals surface area contributed by atoms with Crippen LogP contribution in [-0.4, -0.2) is 16.5 Å². The van der Waals surface area contributed by atoms with Crippen LogP contribution >= 0.6 is 0 Å². The molecule has 0 spiro atoms. The first kappa shape index (κ1) is 12.5. The third-order valence-corrected chi connectivity index (χ3v) is 2.70. The number of benzene rings is 1. The Morgan fingerprint density at radius 3 is 2.61 bits per heavy atom. The van der Waals surface area contributed by atoms with Gasteiger partial charge < -0.3 is 4.90 Å². The number of hydrogen-bond acceptors (Lipinski definition) is 3. The topological polar surface area (TPSA) is 29.0 Å². The molecule has 0 aliphatic heterocycles. The smallest absolute Gasteiger partial charge is 0.218 e. The zero-order valence-corrected chi connectivity index (χ0v) is 10.4. The maximum absolute atomic E-state index is 13.2. The van der Waals surface area contributed by atoms with Gasteiger partial charge in [0.15, 0.2) is 0 Å². The molecule has 0 radical (unpaired) electrons. The zero-order chi connectivity index (χ0) is 12.8. The lowest BCUT2D eigenvalue weighted by atomic mass is 10.2. The molecule has 4 heteroatoms. The van der Waals surface area contributed by atoms with Crippen molar-refractivity contribution < 1.29 is 4.39 Å². The van der Waals surface area contributed by atoms with E-state index in [1.807, 2.05) is 35.2 Å². The van der Waals surface area contributed by atoms with Crippen molar-refractivity contribution >= 4 is 11.5 Å². The van der Waals surface area contributed by atoms with Crippen LogP contribution in [-0.2, 0) is 0 Å². The van der Waals surface area contributed by atoms with Gasteiger partial charge in [-0.25, -0.2) is 9.97 Å². The molecule has 2 rings (SSSR count). The van der Waals surface area contributed by atoms with Crippen molar-refractivity contribution in [2.75, 3.05) is 11.4 Å². The quantitative estimate of drug-likeness (QED) is 0.754. The minimum absolute atomic E-state index is 0.502. The third-order valence-electron chi connectivity index (χ3n) is 2.70. The molecule has 0 unspecified atom stereocenters. The number of para-hydroxylation sites is 1. The predicted octanol–water partition coefficient (Wildman–Crippen LogP) is 3.55. The molecule has 0 saturated heterocycles. The van der Waals surface area contributed by atoms with Gasteiger partial charge in [-0.3, -0.25) is 0 Å². The first-order chi connectivity index (χ1) is 8.81. The Kier molecular flexibility index (Phi) is 4.23. The van der Waals surface area contributed by atoms with E-state index in [1.54, 1.807) is 0 Å². The van der Waals surface area contributed by atoms with Crippen molar-refractivity contribution in [3.05, 3.63) is 48.7 Å². The summed E-state index contributed by atoms with van der Waals surface area (Å²) in [6.45, 7) is 2.95. The van der Waals surface area contributed by atoms with Crippen LogP contribution in [0.15, 0.2) is 42.7 Å².